The first-order valence-corrected chi connectivity index (χ1v) is 10.6. The predicted molar refractivity (Wildman–Crippen MR) is 115 cm³/mol. The van der Waals surface area contributed by atoms with Crippen molar-refractivity contribution in [2.75, 3.05) is 13.4 Å². The Kier molecular flexibility index (Phi) is 6.25. The first-order valence-electron chi connectivity index (χ1n) is 10.6. The largest absolute Gasteiger partial charge is 0.505 e. The Labute approximate surface area is 180 Å². The van der Waals surface area contributed by atoms with E-state index in [2.05, 4.69) is 24.0 Å². The molecule has 164 valence electrons. The van der Waals surface area contributed by atoms with Gasteiger partial charge in [-0.3, -0.25) is 4.79 Å². The number of carbonyl (C=O) groups excluding carboxylic acids is 1. The molecule has 0 unspecified atom stereocenters. The maximum atomic E-state index is 11.9. The molecule has 0 bridgehead atoms. The molecule has 1 aliphatic heterocycles. The van der Waals surface area contributed by atoms with E-state index in [-0.39, 0.29) is 18.5 Å². The lowest BCUT2D eigenvalue weighted by Gasteiger charge is -2.06. The van der Waals surface area contributed by atoms with E-state index in [9.17, 15) is 9.90 Å². The van der Waals surface area contributed by atoms with Crippen molar-refractivity contribution in [2.24, 2.45) is 5.92 Å². The highest BCUT2D eigenvalue weighted by atomic mass is 16.7. The summed E-state index contributed by atoms with van der Waals surface area (Å²) in [4.78, 5) is 13.3. The molecule has 1 N–H and O–H groups in total. The Morgan fingerprint density at radius 2 is 1.90 bits per heavy atom. The highest BCUT2D eigenvalue weighted by molar-refractivity contribution is 5.75. The predicted octanol–water partition coefficient (Wildman–Crippen LogP) is 4.16. The molecule has 2 heterocycles. The molecule has 8 nitrogen and oxygen atoms in total. The highest BCUT2D eigenvalue weighted by Crippen LogP contribution is 2.39. The van der Waals surface area contributed by atoms with Gasteiger partial charge in [-0.25, -0.2) is 0 Å². The minimum atomic E-state index is -0.144. The molecule has 0 saturated heterocycles. The number of nitrogens with zero attached hydrogens (tertiary/aromatic N) is 3. The molecule has 1 aromatic heterocycles. The second-order valence-corrected chi connectivity index (χ2v) is 8.12. The lowest BCUT2D eigenvalue weighted by molar-refractivity contribution is -0.143. The van der Waals surface area contributed by atoms with Crippen LogP contribution in [0.25, 0.3) is 16.7 Å². The van der Waals surface area contributed by atoms with Gasteiger partial charge >= 0.3 is 5.97 Å². The second kappa shape index (κ2) is 9.24. The molecule has 31 heavy (non-hydrogen) atoms. The van der Waals surface area contributed by atoms with Crippen LogP contribution in [0, 0.1) is 5.92 Å². The fourth-order valence-electron chi connectivity index (χ4n) is 3.48. The number of benzene rings is 2. The van der Waals surface area contributed by atoms with Crippen LogP contribution < -0.4 is 9.47 Å². The van der Waals surface area contributed by atoms with Crippen molar-refractivity contribution in [2.45, 2.75) is 46.0 Å². The smallest absolute Gasteiger partial charge is 0.305 e. The third-order valence-electron chi connectivity index (χ3n) is 5.20. The summed E-state index contributed by atoms with van der Waals surface area (Å²) in [6.45, 7) is 4.83. The summed E-state index contributed by atoms with van der Waals surface area (Å²) >= 11 is 0. The molecule has 0 spiro atoms. The maximum Gasteiger partial charge on any atom is 0.305 e. The van der Waals surface area contributed by atoms with E-state index in [4.69, 9.17) is 14.2 Å². The van der Waals surface area contributed by atoms with Crippen LogP contribution >= 0.6 is 0 Å². The van der Waals surface area contributed by atoms with Gasteiger partial charge in [-0.1, -0.05) is 32.8 Å². The number of rotatable bonds is 9. The van der Waals surface area contributed by atoms with Crippen molar-refractivity contribution in [1.29, 1.82) is 0 Å². The SMILES string of the molecule is CC(C)CCCCC(=O)OCCc1ccc2nn(-c3cc4c(cc3O)OCO4)nc2c1. The molecule has 0 atom stereocenters. The summed E-state index contributed by atoms with van der Waals surface area (Å²) in [7, 11) is 0. The number of ether oxygens (including phenoxy) is 3. The van der Waals surface area contributed by atoms with Gasteiger partial charge in [-0.15, -0.1) is 15.0 Å². The van der Waals surface area contributed by atoms with Crippen LogP contribution in [0.5, 0.6) is 17.2 Å². The molecular formula is C23H27N3O5. The number of fused-ring (bicyclic) bond motifs is 2. The van der Waals surface area contributed by atoms with Crippen LogP contribution in [0.2, 0.25) is 0 Å². The Hall–Kier alpha value is -3.29. The molecule has 1 aliphatic rings. The van der Waals surface area contributed by atoms with Crippen LogP contribution in [-0.2, 0) is 16.0 Å². The van der Waals surface area contributed by atoms with Crippen LogP contribution in [0.15, 0.2) is 30.3 Å². The van der Waals surface area contributed by atoms with Crippen molar-refractivity contribution in [3.8, 4) is 22.9 Å². The first-order chi connectivity index (χ1) is 15.0. The van der Waals surface area contributed by atoms with Crippen molar-refractivity contribution in [1.82, 2.24) is 15.0 Å². The zero-order valence-electron chi connectivity index (χ0n) is 17.8. The second-order valence-electron chi connectivity index (χ2n) is 8.12. The topological polar surface area (TPSA) is 95.7 Å². The van der Waals surface area contributed by atoms with Crippen LogP contribution in [0.1, 0.15) is 45.1 Å². The zero-order valence-corrected chi connectivity index (χ0v) is 17.8. The normalized spacial score (nSPS) is 12.6. The van der Waals surface area contributed by atoms with Gasteiger partial charge < -0.3 is 19.3 Å². The van der Waals surface area contributed by atoms with Gasteiger partial charge in [-0.05, 0) is 30.0 Å². The van der Waals surface area contributed by atoms with Crippen LogP contribution in [0.3, 0.4) is 0 Å². The highest BCUT2D eigenvalue weighted by Gasteiger charge is 2.19. The monoisotopic (exact) mass is 425 g/mol. The number of phenolic OH excluding ortho intramolecular Hbond substituents is 1. The molecule has 8 heteroatoms. The minimum absolute atomic E-state index is 0.00471. The van der Waals surface area contributed by atoms with Crippen molar-refractivity contribution < 1.29 is 24.1 Å². The molecule has 3 aromatic rings. The number of hydrogen-bond acceptors (Lipinski definition) is 7. The molecule has 0 fully saturated rings. The fraction of sp³-hybridized carbons (Fsp3) is 0.435. The third-order valence-corrected chi connectivity index (χ3v) is 5.20. The van der Waals surface area contributed by atoms with E-state index in [1.807, 2.05) is 18.2 Å². The maximum absolute atomic E-state index is 11.9. The number of unbranched alkanes of at least 4 members (excludes halogenated alkanes) is 1. The number of phenols is 1. The molecule has 0 amide bonds. The Balaban J connectivity index is 1.36. The van der Waals surface area contributed by atoms with E-state index in [0.717, 1.165) is 24.8 Å². The summed E-state index contributed by atoms with van der Waals surface area (Å²) in [5.74, 6) is 1.56. The molecule has 0 radical (unpaired) electrons. The summed E-state index contributed by atoms with van der Waals surface area (Å²) in [6.07, 6.45) is 4.14. The number of aromatic hydroxyl groups is 1. The van der Waals surface area contributed by atoms with Gasteiger partial charge in [0.25, 0.3) is 0 Å². The zero-order chi connectivity index (χ0) is 21.8. The van der Waals surface area contributed by atoms with Crippen molar-refractivity contribution in [3.05, 3.63) is 35.9 Å². The number of carbonyl (C=O) groups is 1. The average molecular weight is 425 g/mol. The van der Waals surface area contributed by atoms with Crippen LogP contribution in [0.4, 0.5) is 0 Å². The Morgan fingerprint density at radius 1 is 1.13 bits per heavy atom. The van der Waals surface area contributed by atoms with Gasteiger partial charge in [0.1, 0.15) is 22.5 Å². The van der Waals surface area contributed by atoms with Gasteiger partial charge in [0.15, 0.2) is 11.5 Å². The molecule has 2 aromatic carbocycles. The summed E-state index contributed by atoms with van der Waals surface area (Å²) in [5.41, 5.74) is 2.80. The van der Waals surface area contributed by atoms with Crippen molar-refractivity contribution in [3.63, 3.8) is 0 Å². The van der Waals surface area contributed by atoms with E-state index in [1.165, 1.54) is 10.9 Å². The van der Waals surface area contributed by atoms with E-state index in [1.54, 1.807) is 6.07 Å². The lowest BCUT2D eigenvalue weighted by atomic mass is 10.1. The first kappa shape index (κ1) is 21.0. The number of esters is 1. The van der Waals surface area contributed by atoms with E-state index >= 15 is 0 Å². The Morgan fingerprint density at radius 3 is 2.71 bits per heavy atom. The minimum Gasteiger partial charge on any atom is -0.505 e. The number of aromatic nitrogens is 3. The van der Waals surface area contributed by atoms with Crippen molar-refractivity contribution >= 4 is 17.0 Å². The van der Waals surface area contributed by atoms with Crippen LogP contribution in [-0.4, -0.2) is 39.5 Å². The molecular weight excluding hydrogens is 398 g/mol. The Bertz CT molecular complexity index is 1080. The summed E-state index contributed by atoms with van der Waals surface area (Å²) < 4.78 is 16.0. The summed E-state index contributed by atoms with van der Waals surface area (Å²) in [6, 6.07) is 8.87. The lowest BCUT2D eigenvalue weighted by Crippen LogP contribution is -2.07. The summed E-state index contributed by atoms with van der Waals surface area (Å²) in [5, 5.41) is 19.2. The number of hydrogen-bond donors (Lipinski definition) is 1. The quantitative estimate of drug-likeness (QED) is 0.406. The van der Waals surface area contributed by atoms with E-state index < -0.39 is 0 Å². The third kappa shape index (κ3) is 5.07. The average Bonchev–Trinajstić information content (AvgIpc) is 3.36. The van der Waals surface area contributed by atoms with Gasteiger partial charge in [0.2, 0.25) is 6.79 Å². The molecule has 4 rings (SSSR count). The van der Waals surface area contributed by atoms with E-state index in [0.29, 0.717) is 53.6 Å². The van der Waals surface area contributed by atoms with Gasteiger partial charge in [-0.2, -0.15) is 0 Å². The molecule has 0 aliphatic carbocycles. The standard InChI is InChI=1S/C23H27N3O5/c1-15(2)5-3-4-6-23(28)29-10-9-16-7-8-17-18(11-16)25-26(24-17)19-12-21-22(13-20(19)27)31-14-30-21/h7-8,11-13,15,27H,3-6,9-10,14H2,1-2H3. The fourth-order valence-corrected chi connectivity index (χ4v) is 3.48. The van der Waals surface area contributed by atoms with Gasteiger partial charge in [0.05, 0.1) is 6.61 Å². The molecule has 0 saturated carbocycles. The van der Waals surface area contributed by atoms with Gasteiger partial charge in [0, 0.05) is 25.0 Å².